The minimum atomic E-state index is -3.85. The number of rotatable bonds is 5. The zero-order valence-electron chi connectivity index (χ0n) is 14.9. The number of carbonyl (C=O) groups is 1. The Morgan fingerprint density at radius 3 is 2.44 bits per heavy atom. The molecule has 0 radical (unpaired) electrons. The van der Waals surface area contributed by atoms with E-state index in [-0.39, 0.29) is 5.75 Å². The van der Waals surface area contributed by atoms with Crippen LogP contribution < -0.4 is 4.72 Å². The number of sulfonamides is 1. The molecule has 0 bridgehead atoms. The summed E-state index contributed by atoms with van der Waals surface area (Å²) < 4.78 is 27.4. The van der Waals surface area contributed by atoms with Gasteiger partial charge in [-0.25, -0.2) is 8.42 Å². The molecule has 1 aliphatic rings. The number of aromatic nitrogens is 1. The number of pyridine rings is 1. The number of nitrogens with zero attached hydrogens (tertiary/aromatic N) is 2. The van der Waals surface area contributed by atoms with Gasteiger partial charge in [0.25, 0.3) is 0 Å². The highest BCUT2D eigenvalue weighted by molar-refractivity contribution is 7.89. The van der Waals surface area contributed by atoms with Crippen LogP contribution >= 0.6 is 0 Å². The molecule has 1 saturated carbocycles. The lowest BCUT2D eigenvalue weighted by Crippen LogP contribution is -2.48. The molecule has 140 valence electrons. The van der Waals surface area contributed by atoms with E-state index in [1.807, 2.05) is 12.1 Å². The molecular formula is C20H21N3O3S. The topological polar surface area (TPSA) is 99.9 Å². The Morgan fingerprint density at radius 1 is 1.15 bits per heavy atom. The summed E-state index contributed by atoms with van der Waals surface area (Å²) in [6, 6.07) is 11.9. The summed E-state index contributed by atoms with van der Waals surface area (Å²) in [5, 5.41) is 8.83. The van der Waals surface area contributed by atoms with Gasteiger partial charge in [-0.1, -0.05) is 37.5 Å². The van der Waals surface area contributed by atoms with E-state index in [2.05, 4.69) is 9.71 Å². The molecule has 27 heavy (non-hydrogen) atoms. The second-order valence-electron chi connectivity index (χ2n) is 6.88. The Bertz CT molecular complexity index is 942. The summed E-state index contributed by atoms with van der Waals surface area (Å²) in [6.07, 6.45) is 7.29. The number of carbonyl (C=O) groups excluding carboxylic acids is 1. The third-order valence-electron chi connectivity index (χ3n) is 5.04. The van der Waals surface area contributed by atoms with E-state index in [1.54, 1.807) is 42.7 Å². The van der Waals surface area contributed by atoms with Gasteiger partial charge in [0.2, 0.25) is 15.9 Å². The van der Waals surface area contributed by atoms with E-state index >= 15 is 0 Å². The van der Waals surface area contributed by atoms with Crippen molar-refractivity contribution in [3.05, 3.63) is 65.5 Å². The fourth-order valence-electron chi connectivity index (χ4n) is 3.62. The standard InChI is InChI=1S/C20H21N3O3S/c21-13-16-6-8-17(9-7-16)15-27(25,26)23-19(24)20(10-2-1-3-11-20)18-5-4-12-22-14-18/h4-9,12,14H,1-3,10-11,15H2,(H,23,24). The Hall–Kier alpha value is -2.72. The van der Waals surface area contributed by atoms with E-state index in [4.69, 9.17) is 5.26 Å². The third kappa shape index (κ3) is 4.34. The van der Waals surface area contributed by atoms with Crippen molar-refractivity contribution < 1.29 is 13.2 Å². The molecule has 1 amide bonds. The van der Waals surface area contributed by atoms with Gasteiger partial charge in [-0.05, 0) is 42.2 Å². The van der Waals surface area contributed by atoms with Crippen molar-refractivity contribution in [1.82, 2.24) is 9.71 Å². The molecule has 0 aliphatic heterocycles. The molecule has 0 spiro atoms. The number of benzene rings is 1. The SMILES string of the molecule is N#Cc1ccc(CS(=O)(=O)NC(=O)C2(c3cccnc3)CCCCC2)cc1. The molecule has 0 atom stereocenters. The fourth-order valence-corrected chi connectivity index (χ4v) is 4.80. The van der Waals surface area contributed by atoms with Gasteiger partial charge in [0.05, 0.1) is 22.8 Å². The first kappa shape index (κ1) is 19.1. The van der Waals surface area contributed by atoms with E-state index in [9.17, 15) is 13.2 Å². The van der Waals surface area contributed by atoms with Crippen molar-refractivity contribution in [2.75, 3.05) is 0 Å². The molecule has 1 aromatic heterocycles. The van der Waals surface area contributed by atoms with Gasteiger partial charge in [-0.15, -0.1) is 0 Å². The predicted octanol–water partition coefficient (Wildman–Crippen LogP) is 2.80. The summed E-state index contributed by atoms with van der Waals surface area (Å²) in [6.45, 7) is 0. The van der Waals surface area contributed by atoms with Gasteiger partial charge in [0.1, 0.15) is 0 Å². The quantitative estimate of drug-likeness (QED) is 0.856. The first-order valence-corrected chi connectivity index (χ1v) is 10.5. The number of nitrogens with one attached hydrogen (secondary N) is 1. The van der Waals surface area contributed by atoms with Gasteiger partial charge in [0.15, 0.2) is 0 Å². The number of nitriles is 1. The number of hydrogen-bond donors (Lipinski definition) is 1. The summed E-state index contributed by atoms with van der Waals surface area (Å²) >= 11 is 0. The average molecular weight is 383 g/mol. The minimum Gasteiger partial charge on any atom is -0.273 e. The van der Waals surface area contributed by atoms with Crippen molar-refractivity contribution in [3.63, 3.8) is 0 Å². The summed E-state index contributed by atoms with van der Waals surface area (Å²) in [5.74, 6) is -0.794. The maximum atomic E-state index is 13.1. The van der Waals surface area contributed by atoms with Crippen LogP contribution in [0, 0.1) is 11.3 Å². The minimum absolute atomic E-state index is 0.312. The Kier molecular flexibility index (Phi) is 5.57. The van der Waals surface area contributed by atoms with Crippen molar-refractivity contribution in [2.45, 2.75) is 43.3 Å². The lowest BCUT2D eigenvalue weighted by molar-refractivity contribution is -0.126. The largest absolute Gasteiger partial charge is 0.273 e. The second-order valence-corrected chi connectivity index (χ2v) is 8.61. The van der Waals surface area contributed by atoms with E-state index < -0.39 is 21.3 Å². The first-order valence-electron chi connectivity index (χ1n) is 8.90. The summed E-state index contributed by atoms with van der Waals surface area (Å²) in [5.41, 5.74) is 0.881. The zero-order valence-corrected chi connectivity index (χ0v) is 15.7. The second kappa shape index (κ2) is 7.89. The van der Waals surface area contributed by atoms with E-state index in [0.717, 1.165) is 24.8 Å². The van der Waals surface area contributed by atoms with Gasteiger partial charge in [-0.3, -0.25) is 14.5 Å². The molecule has 1 aromatic carbocycles. The molecule has 0 saturated heterocycles. The van der Waals surface area contributed by atoms with Crippen LogP contribution in [0.15, 0.2) is 48.8 Å². The molecular weight excluding hydrogens is 362 g/mol. The van der Waals surface area contributed by atoms with Crippen LogP contribution in [0.1, 0.15) is 48.8 Å². The van der Waals surface area contributed by atoms with Gasteiger partial charge in [0, 0.05) is 12.4 Å². The summed E-state index contributed by atoms with van der Waals surface area (Å²) in [7, 11) is -3.85. The average Bonchev–Trinajstić information content (AvgIpc) is 2.69. The van der Waals surface area contributed by atoms with Crippen molar-refractivity contribution >= 4 is 15.9 Å². The van der Waals surface area contributed by atoms with Crippen LogP contribution in [-0.2, 0) is 26.0 Å². The van der Waals surface area contributed by atoms with Gasteiger partial charge >= 0.3 is 0 Å². The fraction of sp³-hybridized carbons (Fsp3) is 0.350. The normalized spacial score (nSPS) is 16.3. The van der Waals surface area contributed by atoms with E-state index in [1.165, 1.54) is 0 Å². The van der Waals surface area contributed by atoms with Crippen molar-refractivity contribution in [1.29, 1.82) is 5.26 Å². The molecule has 0 unspecified atom stereocenters. The lowest BCUT2D eigenvalue weighted by Gasteiger charge is -2.35. The van der Waals surface area contributed by atoms with Crippen molar-refractivity contribution in [3.8, 4) is 6.07 Å². The number of hydrogen-bond acceptors (Lipinski definition) is 5. The Balaban J connectivity index is 1.81. The molecule has 1 N–H and O–H groups in total. The van der Waals surface area contributed by atoms with Crippen LogP contribution in [0.2, 0.25) is 0 Å². The number of amides is 1. The highest BCUT2D eigenvalue weighted by atomic mass is 32.2. The van der Waals surface area contributed by atoms with Crippen LogP contribution in [0.5, 0.6) is 0 Å². The monoisotopic (exact) mass is 383 g/mol. The van der Waals surface area contributed by atoms with Crippen LogP contribution in [-0.4, -0.2) is 19.3 Å². The van der Waals surface area contributed by atoms with Crippen LogP contribution in [0.3, 0.4) is 0 Å². The van der Waals surface area contributed by atoms with Crippen LogP contribution in [0.4, 0.5) is 0 Å². The predicted molar refractivity (Wildman–Crippen MR) is 101 cm³/mol. The Labute approximate surface area is 159 Å². The molecule has 3 rings (SSSR count). The Morgan fingerprint density at radius 2 is 1.85 bits per heavy atom. The molecule has 7 heteroatoms. The molecule has 1 heterocycles. The van der Waals surface area contributed by atoms with Crippen LogP contribution in [0.25, 0.3) is 0 Å². The summed E-state index contributed by atoms with van der Waals surface area (Å²) in [4.78, 5) is 17.2. The molecule has 1 aliphatic carbocycles. The smallest absolute Gasteiger partial charge is 0.244 e. The highest BCUT2D eigenvalue weighted by Gasteiger charge is 2.42. The van der Waals surface area contributed by atoms with Gasteiger partial charge in [-0.2, -0.15) is 5.26 Å². The maximum absolute atomic E-state index is 13.1. The molecule has 1 fully saturated rings. The third-order valence-corrected chi connectivity index (χ3v) is 6.25. The maximum Gasteiger partial charge on any atom is 0.244 e. The van der Waals surface area contributed by atoms with Crippen molar-refractivity contribution in [2.24, 2.45) is 0 Å². The van der Waals surface area contributed by atoms with Gasteiger partial charge < -0.3 is 0 Å². The lowest BCUT2D eigenvalue weighted by atomic mass is 9.69. The zero-order chi connectivity index (χ0) is 19.3. The molecule has 6 nitrogen and oxygen atoms in total. The highest BCUT2D eigenvalue weighted by Crippen LogP contribution is 2.39. The van der Waals surface area contributed by atoms with E-state index in [0.29, 0.717) is 24.0 Å². The molecule has 2 aromatic rings. The first-order chi connectivity index (χ1) is 13.0.